The summed E-state index contributed by atoms with van der Waals surface area (Å²) < 4.78 is 17.2. The van der Waals surface area contributed by atoms with Crippen LogP contribution in [0, 0.1) is 5.92 Å². The second-order valence-electron chi connectivity index (χ2n) is 6.83. The molecule has 3 aromatic rings. The first-order chi connectivity index (χ1) is 14.4. The molecule has 1 heterocycles. The van der Waals surface area contributed by atoms with Gasteiger partial charge in [-0.3, -0.25) is 10.1 Å². The standard InChI is InChI=1S/C21H23N3O4S2/c1-12(2)11-28-14-7-5-13(6-8-14)19(25)23-20(29)24-21-22-18-16(27-4)9-15(26-3)10-17(18)30-21/h5-10,12H,11H2,1-4H3,(H2,22,23,24,25,29). The molecule has 0 spiro atoms. The first-order valence-corrected chi connectivity index (χ1v) is 10.5. The van der Waals surface area contributed by atoms with E-state index in [0.29, 0.717) is 40.2 Å². The van der Waals surface area contributed by atoms with Crippen LogP contribution in [-0.2, 0) is 0 Å². The fourth-order valence-corrected chi connectivity index (χ4v) is 3.74. The van der Waals surface area contributed by atoms with E-state index in [0.717, 1.165) is 10.4 Å². The van der Waals surface area contributed by atoms with Crippen LogP contribution in [0.25, 0.3) is 10.2 Å². The van der Waals surface area contributed by atoms with Gasteiger partial charge in [-0.2, -0.15) is 0 Å². The van der Waals surface area contributed by atoms with E-state index in [1.165, 1.54) is 11.3 Å². The minimum atomic E-state index is -0.316. The summed E-state index contributed by atoms with van der Waals surface area (Å²) in [6.45, 7) is 4.78. The third kappa shape index (κ3) is 5.37. The minimum absolute atomic E-state index is 0.158. The lowest BCUT2D eigenvalue weighted by atomic mass is 10.2. The highest BCUT2D eigenvalue weighted by Gasteiger charge is 2.14. The van der Waals surface area contributed by atoms with Gasteiger partial charge >= 0.3 is 0 Å². The third-order valence-corrected chi connectivity index (χ3v) is 5.16. The van der Waals surface area contributed by atoms with Crippen LogP contribution in [0.15, 0.2) is 36.4 Å². The summed E-state index contributed by atoms with van der Waals surface area (Å²) in [4.78, 5) is 16.9. The van der Waals surface area contributed by atoms with Gasteiger partial charge < -0.3 is 19.5 Å². The van der Waals surface area contributed by atoms with Crippen molar-refractivity contribution in [3.05, 3.63) is 42.0 Å². The molecule has 0 aliphatic rings. The van der Waals surface area contributed by atoms with Crippen LogP contribution in [0.2, 0.25) is 0 Å². The number of nitrogens with zero attached hydrogens (tertiary/aromatic N) is 1. The van der Waals surface area contributed by atoms with E-state index >= 15 is 0 Å². The van der Waals surface area contributed by atoms with Gasteiger partial charge in [-0.25, -0.2) is 4.98 Å². The van der Waals surface area contributed by atoms with Crippen molar-refractivity contribution in [3.8, 4) is 17.2 Å². The first-order valence-electron chi connectivity index (χ1n) is 9.27. The predicted octanol–water partition coefficient (Wildman–Crippen LogP) is 4.48. The number of ether oxygens (including phenoxy) is 3. The Balaban J connectivity index is 1.64. The molecule has 0 fully saturated rings. The van der Waals surface area contributed by atoms with Gasteiger partial charge in [0.15, 0.2) is 10.2 Å². The molecule has 0 bridgehead atoms. The summed E-state index contributed by atoms with van der Waals surface area (Å²) in [5.74, 6) is 2.11. The average molecular weight is 446 g/mol. The maximum absolute atomic E-state index is 12.4. The second-order valence-corrected chi connectivity index (χ2v) is 8.27. The van der Waals surface area contributed by atoms with E-state index < -0.39 is 0 Å². The molecule has 2 N–H and O–H groups in total. The number of methoxy groups -OCH3 is 2. The normalized spacial score (nSPS) is 10.7. The number of thiocarbonyl (C=S) groups is 1. The van der Waals surface area contributed by atoms with E-state index in [9.17, 15) is 4.79 Å². The van der Waals surface area contributed by atoms with E-state index in [1.807, 2.05) is 6.07 Å². The SMILES string of the molecule is COc1cc(OC)c2nc(NC(=S)NC(=O)c3ccc(OCC(C)C)cc3)sc2c1. The largest absolute Gasteiger partial charge is 0.497 e. The van der Waals surface area contributed by atoms with Crippen LogP contribution in [0.3, 0.4) is 0 Å². The average Bonchev–Trinajstić information content (AvgIpc) is 3.13. The van der Waals surface area contributed by atoms with Crippen molar-refractivity contribution in [2.75, 3.05) is 26.1 Å². The highest BCUT2D eigenvalue weighted by Crippen LogP contribution is 2.36. The van der Waals surface area contributed by atoms with Crippen molar-refractivity contribution in [2.45, 2.75) is 13.8 Å². The fourth-order valence-electron chi connectivity index (χ4n) is 2.57. The van der Waals surface area contributed by atoms with Crippen LogP contribution in [0.5, 0.6) is 17.2 Å². The topological polar surface area (TPSA) is 81.7 Å². The molecule has 7 nitrogen and oxygen atoms in total. The van der Waals surface area contributed by atoms with Gasteiger partial charge in [-0.1, -0.05) is 25.2 Å². The van der Waals surface area contributed by atoms with Crippen molar-refractivity contribution in [1.82, 2.24) is 10.3 Å². The molecule has 158 valence electrons. The molecule has 9 heteroatoms. The number of carbonyl (C=O) groups excluding carboxylic acids is 1. The summed E-state index contributed by atoms with van der Waals surface area (Å²) in [6, 6.07) is 10.6. The predicted molar refractivity (Wildman–Crippen MR) is 123 cm³/mol. The van der Waals surface area contributed by atoms with Crippen molar-refractivity contribution in [2.24, 2.45) is 5.92 Å². The Morgan fingerprint density at radius 2 is 1.87 bits per heavy atom. The zero-order chi connectivity index (χ0) is 21.7. The number of anilines is 1. The zero-order valence-electron chi connectivity index (χ0n) is 17.1. The minimum Gasteiger partial charge on any atom is -0.497 e. The number of amides is 1. The molecule has 1 aromatic heterocycles. The second kappa shape index (κ2) is 9.73. The molecule has 0 aliphatic carbocycles. The van der Waals surface area contributed by atoms with Crippen molar-refractivity contribution in [3.63, 3.8) is 0 Å². The summed E-state index contributed by atoms with van der Waals surface area (Å²) in [6.07, 6.45) is 0. The van der Waals surface area contributed by atoms with E-state index in [4.69, 9.17) is 26.4 Å². The van der Waals surface area contributed by atoms with E-state index in [1.54, 1.807) is 44.6 Å². The van der Waals surface area contributed by atoms with Crippen molar-refractivity contribution >= 4 is 49.9 Å². The molecule has 1 amide bonds. The Hall–Kier alpha value is -2.91. The maximum Gasteiger partial charge on any atom is 0.257 e. The summed E-state index contributed by atoms with van der Waals surface area (Å²) in [7, 11) is 3.17. The molecular formula is C21H23N3O4S2. The lowest BCUT2D eigenvalue weighted by molar-refractivity contribution is 0.0977. The molecule has 0 saturated carbocycles. The lowest BCUT2D eigenvalue weighted by Gasteiger charge is -2.10. The smallest absolute Gasteiger partial charge is 0.257 e. The van der Waals surface area contributed by atoms with E-state index in [2.05, 4.69) is 29.5 Å². The quantitative estimate of drug-likeness (QED) is 0.519. The fraction of sp³-hybridized carbons (Fsp3) is 0.286. The van der Waals surface area contributed by atoms with Crippen molar-refractivity contribution < 1.29 is 19.0 Å². The highest BCUT2D eigenvalue weighted by molar-refractivity contribution is 7.80. The lowest BCUT2D eigenvalue weighted by Crippen LogP contribution is -2.34. The summed E-state index contributed by atoms with van der Waals surface area (Å²) >= 11 is 6.65. The Kier molecular flexibility index (Phi) is 7.07. The number of thiazole rings is 1. The van der Waals surface area contributed by atoms with Gasteiger partial charge in [0, 0.05) is 11.6 Å². The number of rotatable bonds is 7. The number of aromatic nitrogens is 1. The molecule has 2 aromatic carbocycles. The van der Waals surface area contributed by atoms with Gasteiger partial charge in [0.2, 0.25) is 0 Å². The monoisotopic (exact) mass is 445 g/mol. The number of hydrogen-bond acceptors (Lipinski definition) is 7. The molecule has 0 aliphatic heterocycles. The van der Waals surface area contributed by atoms with E-state index in [-0.39, 0.29) is 11.0 Å². The number of fused-ring (bicyclic) bond motifs is 1. The molecule has 0 unspecified atom stereocenters. The molecule has 30 heavy (non-hydrogen) atoms. The van der Waals surface area contributed by atoms with Crippen LogP contribution < -0.4 is 24.8 Å². The van der Waals surface area contributed by atoms with Crippen LogP contribution >= 0.6 is 23.6 Å². The number of nitrogens with one attached hydrogen (secondary N) is 2. The molecule has 0 radical (unpaired) electrons. The van der Waals surface area contributed by atoms with Crippen LogP contribution in [-0.4, -0.2) is 36.8 Å². The molecule has 3 rings (SSSR count). The van der Waals surface area contributed by atoms with Crippen LogP contribution in [0.4, 0.5) is 5.13 Å². The molecule has 0 atom stereocenters. The number of benzene rings is 2. The summed E-state index contributed by atoms with van der Waals surface area (Å²) in [5, 5.41) is 6.31. The highest BCUT2D eigenvalue weighted by atomic mass is 32.1. The zero-order valence-corrected chi connectivity index (χ0v) is 18.8. The van der Waals surface area contributed by atoms with Gasteiger partial charge in [-0.15, -0.1) is 0 Å². The summed E-state index contributed by atoms with van der Waals surface area (Å²) in [5.41, 5.74) is 1.17. The number of hydrogen-bond donors (Lipinski definition) is 2. The molecule has 0 saturated heterocycles. The molecular weight excluding hydrogens is 422 g/mol. The number of carbonyl (C=O) groups is 1. The maximum atomic E-state index is 12.4. The Bertz CT molecular complexity index is 1050. The first kappa shape index (κ1) is 21.8. The van der Waals surface area contributed by atoms with Crippen molar-refractivity contribution in [1.29, 1.82) is 0 Å². The van der Waals surface area contributed by atoms with Gasteiger partial charge in [0.05, 0.1) is 25.5 Å². The van der Waals surface area contributed by atoms with Crippen LogP contribution in [0.1, 0.15) is 24.2 Å². The Labute approximate surface area is 184 Å². The van der Waals surface area contributed by atoms with Gasteiger partial charge in [-0.05, 0) is 48.5 Å². The van der Waals surface area contributed by atoms with Gasteiger partial charge in [0.25, 0.3) is 5.91 Å². The van der Waals surface area contributed by atoms with Gasteiger partial charge in [0.1, 0.15) is 22.8 Å². The third-order valence-electron chi connectivity index (χ3n) is 4.04. The Morgan fingerprint density at radius 3 is 2.50 bits per heavy atom. The Morgan fingerprint density at radius 1 is 1.13 bits per heavy atom.